The second kappa shape index (κ2) is 6.16. The summed E-state index contributed by atoms with van der Waals surface area (Å²) >= 11 is 6.06. The molecule has 0 aromatic heterocycles. The number of benzene rings is 2. The van der Waals surface area contributed by atoms with Crippen LogP contribution in [0.25, 0.3) is 0 Å². The van der Waals surface area contributed by atoms with Crippen LogP contribution in [0.5, 0.6) is 11.5 Å². The Bertz CT molecular complexity index is 627. The molecule has 5 nitrogen and oxygen atoms in total. The molecule has 0 saturated carbocycles. The molecule has 0 spiro atoms. The summed E-state index contributed by atoms with van der Waals surface area (Å²) in [7, 11) is 0. The number of aromatic hydroxyl groups is 1. The van der Waals surface area contributed by atoms with E-state index in [2.05, 4.69) is 5.16 Å². The number of hydrogen-bond donors (Lipinski definition) is 3. The molecule has 0 amide bonds. The standard InChI is InChI=1S/C14H13ClN2O3/c15-12-7-10(14(16)17-19)3-6-13(12)20-8-9-1-4-11(18)5-2-9/h1-7,18-19H,8H2,(H2,16,17). The Labute approximate surface area is 120 Å². The fraction of sp³-hybridized carbons (Fsp3) is 0.0714. The molecule has 0 unspecified atom stereocenters. The van der Waals surface area contributed by atoms with Gasteiger partial charge in [-0.15, -0.1) is 0 Å². The molecule has 0 radical (unpaired) electrons. The zero-order chi connectivity index (χ0) is 14.5. The number of halogens is 1. The van der Waals surface area contributed by atoms with Gasteiger partial charge in [-0.25, -0.2) is 0 Å². The van der Waals surface area contributed by atoms with Gasteiger partial charge >= 0.3 is 0 Å². The minimum Gasteiger partial charge on any atom is -0.508 e. The van der Waals surface area contributed by atoms with Gasteiger partial charge in [0.2, 0.25) is 0 Å². The monoisotopic (exact) mass is 292 g/mol. The van der Waals surface area contributed by atoms with Crippen LogP contribution in [-0.4, -0.2) is 16.1 Å². The zero-order valence-corrected chi connectivity index (χ0v) is 11.2. The lowest BCUT2D eigenvalue weighted by Crippen LogP contribution is -2.12. The van der Waals surface area contributed by atoms with Gasteiger partial charge in [0.25, 0.3) is 0 Å². The molecule has 0 bridgehead atoms. The van der Waals surface area contributed by atoms with Gasteiger partial charge in [-0.1, -0.05) is 28.9 Å². The number of amidine groups is 1. The first-order valence-corrected chi connectivity index (χ1v) is 6.16. The van der Waals surface area contributed by atoms with E-state index in [0.717, 1.165) is 5.56 Å². The van der Waals surface area contributed by atoms with E-state index in [1.807, 2.05) is 0 Å². The molecule has 2 rings (SSSR count). The summed E-state index contributed by atoms with van der Waals surface area (Å²) < 4.78 is 5.57. The van der Waals surface area contributed by atoms with Crippen LogP contribution in [-0.2, 0) is 6.61 Å². The van der Waals surface area contributed by atoms with Crippen molar-refractivity contribution in [2.24, 2.45) is 10.9 Å². The van der Waals surface area contributed by atoms with Crippen molar-refractivity contribution in [1.29, 1.82) is 0 Å². The molecule has 0 heterocycles. The van der Waals surface area contributed by atoms with Crippen LogP contribution in [0.4, 0.5) is 0 Å². The van der Waals surface area contributed by atoms with Crippen LogP contribution < -0.4 is 10.5 Å². The number of nitrogens with zero attached hydrogens (tertiary/aromatic N) is 1. The molecule has 2 aromatic rings. The predicted octanol–water partition coefficient (Wildman–Crippen LogP) is 2.72. The van der Waals surface area contributed by atoms with Crippen LogP contribution in [0.15, 0.2) is 47.6 Å². The molecule has 20 heavy (non-hydrogen) atoms. The fourth-order valence-electron chi connectivity index (χ4n) is 1.59. The number of hydrogen-bond acceptors (Lipinski definition) is 4. The highest BCUT2D eigenvalue weighted by Gasteiger charge is 2.06. The second-order valence-electron chi connectivity index (χ2n) is 4.09. The first-order chi connectivity index (χ1) is 9.60. The van der Waals surface area contributed by atoms with Gasteiger partial charge < -0.3 is 20.8 Å². The summed E-state index contributed by atoms with van der Waals surface area (Å²) in [6.45, 7) is 0.322. The molecular weight excluding hydrogens is 280 g/mol. The number of nitrogens with two attached hydrogens (primary N) is 1. The summed E-state index contributed by atoms with van der Waals surface area (Å²) in [4.78, 5) is 0. The highest BCUT2D eigenvalue weighted by Crippen LogP contribution is 2.26. The average Bonchev–Trinajstić information content (AvgIpc) is 2.46. The highest BCUT2D eigenvalue weighted by molar-refractivity contribution is 6.32. The van der Waals surface area contributed by atoms with E-state index in [9.17, 15) is 5.11 Å². The van der Waals surface area contributed by atoms with Crippen LogP contribution in [0.2, 0.25) is 5.02 Å². The maximum Gasteiger partial charge on any atom is 0.170 e. The summed E-state index contributed by atoms with van der Waals surface area (Å²) in [6, 6.07) is 11.5. The molecule has 4 N–H and O–H groups in total. The van der Waals surface area contributed by atoms with Crippen LogP contribution in [0, 0.1) is 0 Å². The molecule has 0 aliphatic rings. The Hall–Kier alpha value is -2.40. The zero-order valence-electron chi connectivity index (χ0n) is 10.5. The lowest BCUT2D eigenvalue weighted by atomic mass is 10.2. The van der Waals surface area contributed by atoms with Gasteiger partial charge in [-0.05, 0) is 35.9 Å². The number of rotatable bonds is 4. The highest BCUT2D eigenvalue weighted by atomic mass is 35.5. The van der Waals surface area contributed by atoms with Crippen molar-refractivity contribution < 1.29 is 15.1 Å². The van der Waals surface area contributed by atoms with Gasteiger partial charge in [-0.2, -0.15) is 0 Å². The third kappa shape index (κ3) is 3.33. The third-order valence-corrected chi connectivity index (χ3v) is 2.96. The average molecular weight is 293 g/mol. The van der Waals surface area contributed by atoms with Crippen LogP contribution in [0.3, 0.4) is 0 Å². The largest absolute Gasteiger partial charge is 0.508 e. The van der Waals surface area contributed by atoms with E-state index in [1.54, 1.807) is 42.5 Å². The maximum atomic E-state index is 9.19. The molecule has 0 fully saturated rings. The van der Waals surface area contributed by atoms with Crippen molar-refractivity contribution in [2.45, 2.75) is 6.61 Å². The summed E-state index contributed by atoms with van der Waals surface area (Å²) in [6.07, 6.45) is 0. The van der Waals surface area contributed by atoms with E-state index < -0.39 is 0 Å². The molecule has 2 aromatic carbocycles. The SMILES string of the molecule is N/C(=N/O)c1ccc(OCc2ccc(O)cc2)c(Cl)c1. The molecule has 6 heteroatoms. The molecular formula is C14H13ClN2O3. The number of phenols is 1. The van der Waals surface area contributed by atoms with Crippen LogP contribution in [0.1, 0.15) is 11.1 Å². The Morgan fingerprint density at radius 3 is 2.50 bits per heavy atom. The molecule has 0 aliphatic carbocycles. The minimum absolute atomic E-state index is 0.0167. The van der Waals surface area contributed by atoms with Gasteiger partial charge in [0.05, 0.1) is 5.02 Å². The van der Waals surface area contributed by atoms with Crippen molar-refractivity contribution in [2.75, 3.05) is 0 Å². The Morgan fingerprint density at radius 1 is 1.20 bits per heavy atom. The van der Waals surface area contributed by atoms with Crippen molar-refractivity contribution in [3.8, 4) is 11.5 Å². The van der Waals surface area contributed by atoms with E-state index in [-0.39, 0.29) is 11.6 Å². The van der Waals surface area contributed by atoms with Crippen molar-refractivity contribution in [3.63, 3.8) is 0 Å². The fourth-order valence-corrected chi connectivity index (χ4v) is 1.82. The molecule has 104 valence electrons. The van der Waals surface area contributed by atoms with E-state index >= 15 is 0 Å². The minimum atomic E-state index is -0.0167. The number of oxime groups is 1. The second-order valence-corrected chi connectivity index (χ2v) is 4.49. The Kier molecular flexibility index (Phi) is 4.32. The van der Waals surface area contributed by atoms with E-state index in [1.165, 1.54) is 0 Å². The van der Waals surface area contributed by atoms with Crippen molar-refractivity contribution >= 4 is 17.4 Å². The number of phenolic OH excluding ortho intramolecular Hbond substituents is 1. The molecule has 0 atom stereocenters. The third-order valence-electron chi connectivity index (χ3n) is 2.67. The Morgan fingerprint density at radius 2 is 1.90 bits per heavy atom. The topological polar surface area (TPSA) is 88.1 Å². The normalized spacial score (nSPS) is 11.3. The summed E-state index contributed by atoms with van der Waals surface area (Å²) in [5, 5.41) is 21.0. The van der Waals surface area contributed by atoms with E-state index in [0.29, 0.717) is 22.9 Å². The summed E-state index contributed by atoms with van der Waals surface area (Å²) in [5.41, 5.74) is 6.88. The maximum absolute atomic E-state index is 9.19. The quantitative estimate of drug-likeness (QED) is 0.350. The van der Waals surface area contributed by atoms with Crippen molar-refractivity contribution in [1.82, 2.24) is 0 Å². The Balaban J connectivity index is 2.08. The first-order valence-electron chi connectivity index (χ1n) is 5.78. The molecule has 0 saturated heterocycles. The lowest BCUT2D eigenvalue weighted by molar-refractivity contribution is 0.306. The van der Waals surface area contributed by atoms with E-state index in [4.69, 9.17) is 27.3 Å². The summed E-state index contributed by atoms with van der Waals surface area (Å²) in [5.74, 6) is 0.682. The van der Waals surface area contributed by atoms with Crippen molar-refractivity contribution in [3.05, 3.63) is 58.6 Å². The smallest absolute Gasteiger partial charge is 0.170 e. The molecule has 0 aliphatic heterocycles. The van der Waals surface area contributed by atoms with Crippen LogP contribution >= 0.6 is 11.6 Å². The number of ether oxygens (including phenoxy) is 1. The lowest BCUT2D eigenvalue weighted by Gasteiger charge is -2.09. The van der Waals surface area contributed by atoms with Gasteiger partial charge in [0, 0.05) is 5.56 Å². The first kappa shape index (κ1) is 14.0. The predicted molar refractivity (Wildman–Crippen MR) is 76.4 cm³/mol. The van der Waals surface area contributed by atoms with Gasteiger partial charge in [0.15, 0.2) is 5.84 Å². The van der Waals surface area contributed by atoms with Gasteiger partial charge in [0.1, 0.15) is 18.1 Å². The van der Waals surface area contributed by atoms with Gasteiger partial charge in [-0.3, -0.25) is 0 Å².